The molecule has 1 atom stereocenters. The maximum Gasteiger partial charge on any atom is 0.0726 e. The summed E-state index contributed by atoms with van der Waals surface area (Å²) >= 11 is 0. The van der Waals surface area contributed by atoms with Crippen LogP contribution in [0.5, 0.6) is 0 Å². The summed E-state index contributed by atoms with van der Waals surface area (Å²) in [6.45, 7) is 13.6. The lowest BCUT2D eigenvalue weighted by molar-refractivity contribution is 0.0403. The number of ether oxygens (including phenoxy) is 1. The van der Waals surface area contributed by atoms with Crippen LogP contribution in [0.2, 0.25) is 0 Å². The van der Waals surface area contributed by atoms with Gasteiger partial charge in [0.25, 0.3) is 0 Å². The van der Waals surface area contributed by atoms with Crippen LogP contribution < -0.4 is 5.32 Å². The molecular weight excluding hydrogens is 186 g/mol. The molecule has 2 nitrogen and oxygen atoms in total. The number of hydrogen-bond donors (Lipinski definition) is 1. The third kappa shape index (κ3) is 8.64. The molecule has 1 unspecified atom stereocenters. The van der Waals surface area contributed by atoms with Crippen molar-refractivity contribution in [2.45, 2.75) is 40.7 Å². The molecule has 0 aliphatic heterocycles. The Kier molecular flexibility index (Phi) is 8.73. The van der Waals surface area contributed by atoms with Crippen LogP contribution in [0.15, 0.2) is 12.2 Å². The normalized spacial score (nSPS) is 14.3. The van der Waals surface area contributed by atoms with E-state index in [-0.39, 0.29) is 0 Å². The number of allylic oxidation sites excluding steroid dienone is 1. The van der Waals surface area contributed by atoms with Crippen LogP contribution >= 0.6 is 0 Å². The van der Waals surface area contributed by atoms with Gasteiger partial charge in [0, 0.05) is 6.54 Å². The maximum atomic E-state index is 5.78. The number of nitrogens with one attached hydrogen (secondary N) is 1. The van der Waals surface area contributed by atoms with Crippen molar-refractivity contribution in [3.8, 4) is 0 Å². The van der Waals surface area contributed by atoms with Crippen molar-refractivity contribution < 1.29 is 4.74 Å². The highest BCUT2D eigenvalue weighted by atomic mass is 16.5. The monoisotopic (exact) mass is 213 g/mol. The first-order chi connectivity index (χ1) is 7.07. The highest BCUT2D eigenvalue weighted by Crippen LogP contribution is 2.05. The Balaban J connectivity index is 3.73. The lowest BCUT2D eigenvalue weighted by Gasteiger charge is -2.22. The first kappa shape index (κ1) is 14.7. The van der Waals surface area contributed by atoms with Crippen LogP contribution in [0, 0.1) is 11.8 Å². The SMILES string of the molecule is CC=CCOC(CNCC(C)C)C(C)C. The zero-order chi connectivity index (χ0) is 11.7. The summed E-state index contributed by atoms with van der Waals surface area (Å²) in [5, 5.41) is 3.44. The summed E-state index contributed by atoms with van der Waals surface area (Å²) in [4.78, 5) is 0. The van der Waals surface area contributed by atoms with E-state index in [0.717, 1.165) is 19.7 Å². The Bertz CT molecular complexity index is 164. The van der Waals surface area contributed by atoms with Gasteiger partial charge < -0.3 is 10.1 Å². The van der Waals surface area contributed by atoms with E-state index < -0.39 is 0 Å². The summed E-state index contributed by atoms with van der Waals surface area (Å²) in [5.74, 6) is 1.27. The minimum atomic E-state index is 0.319. The van der Waals surface area contributed by atoms with Crippen molar-refractivity contribution in [3.63, 3.8) is 0 Å². The average molecular weight is 213 g/mol. The minimum absolute atomic E-state index is 0.319. The fourth-order valence-corrected chi connectivity index (χ4v) is 1.28. The molecule has 0 saturated heterocycles. The Labute approximate surface area is 95.1 Å². The topological polar surface area (TPSA) is 21.3 Å². The molecule has 0 bridgehead atoms. The summed E-state index contributed by atoms with van der Waals surface area (Å²) in [6, 6.07) is 0. The lowest BCUT2D eigenvalue weighted by atomic mass is 10.1. The van der Waals surface area contributed by atoms with Gasteiger partial charge in [0.1, 0.15) is 0 Å². The molecule has 0 aromatic carbocycles. The molecule has 0 aliphatic carbocycles. The molecule has 90 valence electrons. The third-order valence-electron chi connectivity index (χ3n) is 2.28. The Morgan fingerprint density at radius 2 is 1.80 bits per heavy atom. The van der Waals surface area contributed by atoms with Gasteiger partial charge in [-0.3, -0.25) is 0 Å². The highest BCUT2D eigenvalue weighted by Gasteiger charge is 2.12. The fourth-order valence-electron chi connectivity index (χ4n) is 1.28. The smallest absolute Gasteiger partial charge is 0.0726 e. The number of hydrogen-bond acceptors (Lipinski definition) is 2. The molecule has 1 N–H and O–H groups in total. The van der Waals surface area contributed by atoms with Gasteiger partial charge in [0.05, 0.1) is 12.7 Å². The van der Waals surface area contributed by atoms with Crippen molar-refractivity contribution in [2.75, 3.05) is 19.7 Å². The zero-order valence-electron chi connectivity index (χ0n) is 10.9. The van der Waals surface area contributed by atoms with Crippen molar-refractivity contribution in [1.29, 1.82) is 0 Å². The van der Waals surface area contributed by atoms with Gasteiger partial charge in [-0.25, -0.2) is 0 Å². The molecule has 0 rings (SSSR count). The highest BCUT2D eigenvalue weighted by molar-refractivity contribution is 4.77. The molecule has 15 heavy (non-hydrogen) atoms. The van der Waals surface area contributed by atoms with Crippen LogP contribution in [0.1, 0.15) is 34.6 Å². The van der Waals surface area contributed by atoms with Gasteiger partial charge in [-0.1, -0.05) is 39.8 Å². The second-order valence-corrected chi connectivity index (χ2v) is 4.74. The molecule has 0 saturated carbocycles. The Morgan fingerprint density at radius 1 is 1.13 bits per heavy atom. The minimum Gasteiger partial charge on any atom is -0.373 e. The fraction of sp³-hybridized carbons (Fsp3) is 0.846. The summed E-state index contributed by atoms with van der Waals surface area (Å²) in [7, 11) is 0. The van der Waals surface area contributed by atoms with E-state index >= 15 is 0 Å². The van der Waals surface area contributed by atoms with E-state index in [1.54, 1.807) is 0 Å². The van der Waals surface area contributed by atoms with Crippen molar-refractivity contribution in [1.82, 2.24) is 5.32 Å². The molecule has 2 heteroatoms. The second-order valence-electron chi connectivity index (χ2n) is 4.74. The predicted molar refractivity (Wildman–Crippen MR) is 67.1 cm³/mol. The van der Waals surface area contributed by atoms with Crippen molar-refractivity contribution in [3.05, 3.63) is 12.2 Å². The summed E-state index contributed by atoms with van der Waals surface area (Å²) < 4.78 is 5.78. The molecule has 0 aliphatic rings. The quantitative estimate of drug-likeness (QED) is 0.626. The first-order valence-electron chi connectivity index (χ1n) is 6.01. The van der Waals surface area contributed by atoms with Crippen LogP contribution in [0.25, 0.3) is 0 Å². The molecule has 0 radical (unpaired) electrons. The number of rotatable bonds is 8. The van der Waals surface area contributed by atoms with E-state index in [9.17, 15) is 0 Å². The molecule has 0 amide bonds. The predicted octanol–water partition coefficient (Wildman–Crippen LogP) is 2.85. The summed E-state index contributed by atoms with van der Waals surface area (Å²) in [5.41, 5.74) is 0. The molecule has 0 fully saturated rings. The van der Waals surface area contributed by atoms with E-state index in [4.69, 9.17) is 4.74 Å². The maximum absolute atomic E-state index is 5.78. The van der Waals surface area contributed by atoms with E-state index in [0.29, 0.717) is 17.9 Å². The van der Waals surface area contributed by atoms with Gasteiger partial charge in [-0.15, -0.1) is 0 Å². The zero-order valence-corrected chi connectivity index (χ0v) is 10.9. The van der Waals surface area contributed by atoms with Gasteiger partial charge in [0.15, 0.2) is 0 Å². The van der Waals surface area contributed by atoms with Gasteiger partial charge in [-0.05, 0) is 25.3 Å². The van der Waals surface area contributed by atoms with Gasteiger partial charge >= 0.3 is 0 Å². The lowest BCUT2D eigenvalue weighted by Crippen LogP contribution is -2.35. The molecule has 0 aromatic rings. The van der Waals surface area contributed by atoms with Gasteiger partial charge in [-0.2, -0.15) is 0 Å². The van der Waals surface area contributed by atoms with Crippen molar-refractivity contribution in [2.24, 2.45) is 11.8 Å². The second kappa shape index (κ2) is 8.93. The van der Waals surface area contributed by atoms with Crippen LogP contribution in [-0.4, -0.2) is 25.8 Å². The van der Waals surface area contributed by atoms with Crippen LogP contribution in [0.3, 0.4) is 0 Å². The average Bonchev–Trinajstić information content (AvgIpc) is 2.15. The first-order valence-corrected chi connectivity index (χ1v) is 6.01. The van der Waals surface area contributed by atoms with Crippen LogP contribution in [0.4, 0.5) is 0 Å². The Morgan fingerprint density at radius 3 is 2.27 bits per heavy atom. The third-order valence-corrected chi connectivity index (χ3v) is 2.28. The molecule has 0 spiro atoms. The largest absolute Gasteiger partial charge is 0.373 e. The molecule has 0 aromatic heterocycles. The molecule has 0 heterocycles. The standard InChI is InChI=1S/C13H27NO/c1-6-7-8-15-13(12(4)5)10-14-9-11(2)3/h6-7,11-14H,8-10H2,1-5H3. The van der Waals surface area contributed by atoms with Gasteiger partial charge in [0.2, 0.25) is 0 Å². The van der Waals surface area contributed by atoms with E-state index in [1.165, 1.54) is 0 Å². The Hall–Kier alpha value is -0.340. The summed E-state index contributed by atoms with van der Waals surface area (Å²) in [6.07, 6.45) is 4.40. The van der Waals surface area contributed by atoms with Crippen LogP contribution in [-0.2, 0) is 4.74 Å². The van der Waals surface area contributed by atoms with E-state index in [2.05, 4.69) is 39.1 Å². The van der Waals surface area contributed by atoms with E-state index in [1.807, 2.05) is 13.0 Å². The molecular formula is C13H27NO. The van der Waals surface area contributed by atoms with Crippen molar-refractivity contribution >= 4 is 0 Å².